The van der Waals surface area contributed by atoms with Crippen LogP contribution in [-0.2, 0) is 0 Å². The molecular formula is C12H8BrClN2O2S. The van der Waals surface area contributed by atoms with E-state index in [0.717, 1.165) is 21.4 Å². The minimum absolute atomic E-state index is 0.398. The van der Waals surface area contributed by atoms with Gasteiger partial charge < -0.3 is 9.47 Å². The Morgan fingerprint density at radius 3 is 2.79 bits per heavy atom. The molecule has 0 bridgehead atoms. The molecule has 98 valence electrons. The Kier molecular flexibility index (Phi) is 3.81. The summed E-state index contributed by atoms with van der Waals surface area (Å²) in [7, 11) is 0. The molecule has 1 aliphatic rings. The van der Waals surface area contributed by atoms with Crippen molar-refractivity contribution in [2.24, 2.45) is 0 Å². The molecule has 7 heteroatoms. The average molecular weight is 360 g/mol. The van der Waals surface area contributed by atoms with Crippen LogP contribution in [0.15, 0.2) is 38.9 Å². The quantitative estimate of drug-likeness (QED) is 0.763. The van der Waals surface area contributed by atoms with Crippen LogP contribution in [0.4, 0.5) is 0 Å². The van der Waals surface area contributed by atoms with Crippen molar-refractivity contribution >= 4 is 39.3 Å². The summed E-state index contributed by atoms with van der Waals surface area (Å²) in [6.45, 7) is 1.16. The first kappa shape index (κ1) is 13.0. The van der Waals surface area contributed by atoms with E-state index in [1.54, 1.807) is 0 Å². The largest absolute Gasteiger partial charge is 0.486 e. The summed E-state index contributed by atoms with van der Waals surface area (Å²) in [6.07, 6.45) is 1.44. The second-order valence-electron chi connectivity index (χ2n) is 3.69. The first-order valence-electron chi connectivity index (χ1n) is 5.47. The Labute approximate surface area is 127 Å². The van der Waals surface area contributed by atoms with Crippen LogP contribution in [0.1, 0.15) is 0 Å². The lowest BCUT2D eigenvalue weighted by Crippen LogP contribution is -2.15. The van der Waals surface area contributed by atoms with Crippen LogP contribution in [-0.4, -0.2) is 23.2 Å². The SMILES string of the molecule is Clc1ncnc(Sc2ccc3c(c2)OCCO3)c1Br. The fourth-order valence-electron chi connectivity index (χ4n) is 1.60. The molecule has 4 nitrogen and oxygen atoms in total. The predicted octanol–water partition coefficient (Wildman–Crippen LogP) is 3.81. The van der Waals surface area contributed by atoms with Gasteiger partial charge in [0, 0.05) is 4.90 Å². The van der Waals surface area contributed by atoms with Gasteiger partial charge in [0.25, 0.3) is 0 Å². The number of ether oxygens (including phenoxy) is 2. The van der Waals surface area contributed by atoms with E-state index in [4.69, 9.17) is 21.1 Å². The molecule has 0 aliphatic carbocycles. The number of nitrogens with zero attached hydrogens (tertiary/aromatic N) is 2. The number of aromatic nitrogens is 2. The highest BCUT2D eigenvalue weighted by molar-refractivity contribution is 9.10. The van der Waals surface area contributed by atoms with Gasteiger partial charge in [-0.2, -0.15) is 0 Å². The third-order valence-electron chi connectivity index (χ3n) is 2.44. The first-order chi connectivity index (χ1) is 9.24. The van der Waals surface area contributed by atoms with Gasteiger partial charge in [0.15, 0.2) is 11.5 Å². The molecule has 0 saturated heterocycles. The van der Waals surface area contributed by atoms with Gasteiger partial charge in [0.1, 0.15) is 29.7 Å². The molecule has 3 rings (SSSR count). The zero-order valence-corrected chi connectivity index (χ0v) is 12.8. The van der Waals surface area contributed by atoms with E-state index in [2.05, 4.69) is 25.9 Å². The highest BCUT2D eigenvalue weighted by atomic mass is 79.9. The second kappa shape index (κ2) is 5.56. The van der Waals surface area contributed by atoms with Crippen LogP contribution in [0.5, 0.6) is 11.5 Å². The Hall–Kier alpha value is -0.980. The van der Waals surface area contributed by atoms with Crippen LogP contribution in [0, 0.1) is 0 Å². The van der Waals surface area contributed by atoms with E-state index in [1.807, 2.05) is 18.2 Å². The molecule has 0 radical (unpaired) electrons. The summed E-state index contributed by atoms with van der Waals surface area (Å²) in [5.74, 6) is 1.53. The van der Waals surface area contributed by atoms with Gasteiger partial charge in [-0.15, -0.1) is 0 Å². The Balaban J connectivity index is 1.89. The van der Waals surface area contributed by atoms with Gasteiger partial charge in [-0.3, -0.25) is 0 Å². The maximum Gasteiger partial charge on any atom is 0.162 e. The third kappa shape index (κ3) is 2.80. The normalized spacial score (nSPS) is 13.4. The van der Waals surface area contributed by atoms with Gasteiger partial charge in [0.2, 0.25) is 0 Å². The number of benzene rings is 1. The van der Waals surface area contributed by atoms with Crippen LogP contribution >= 0.6 is 39.3 Å². The number of hydrogen-bond donors (Lipinski definition) is 0. The molecule has 0 unspecified atom stereocenters. The summed E-state index contributed by atoms with van der Waals surface area (Å²) in [5, 5.41) is 1.16. The van der Waals surface area contributed by atoms with Gasteiger partial charge in [-0.25, -0.2) is 9.97 Å². The molecule has 0 amide bonds. The Morgan fingerprint density at radius 2 is 1.95 bits per heavy atom. The first-order valence-corrected chi connectivity index (χ1v) is 7.46. The van der Waals surface area contributed by atoms with Crippen molar-refractivity contribution in [3.05, 3.63) is 34.2 Å². The van der Waals surface area contributed by atoms with Crippen molar-refractivity contribution in [1.82, 2.24) is 9.97 Å². The molecule has 1 aromatic heterocycles. The van der Waals surface area contributed by atoms with Crippen LogP contribution in [0.25, 0.3) is 0 Å². The van der Waals surface area contributed by atoms with E-state index in [1.165, 1.54) is 18.1 Å². The van der Waals surface area contributed by atoms with Crippen molar-refractivity contribution in [3.8, 4) is 11.5 Å². The molecule has 0 fully saturated rings. The van der Waals surface area contributed by atoms with E-state index in [-0.39, 0.29) is 0 Å². The topological polar surface area (TPSA) is 44.2 Å². The minimum Gasteiger partial charge on any atom is -0.486 e. The molecule has 0 atom stereocenters. The van der Waals surface area contributed by atoms with Crippen molar-refractivity contribution in [2.45, 2.75) is 9.92 Å². The second-order valence-corrected chi connectivity index (χ2v) is 5.90. The Morgan fingerprint density at radius 1 is 1.16 bits per heavy atom. The summed E-state index contributed by atoms with van der Waals surface area (Å²) in [5.41, 5.74) is 0. The van der Waals surface area contributed by atoms with Gasteiger partial charge in [-0.05, 0) is 34.1 Å². The number of hydrogen-bond acceptors (Lipinski definition) is 5. The van der Waals surface area contributed by atoms with Crippen molar-refractivity contribution in [3.63, 3.8) is 0 Å². The molecule has 2 aromatic rings. The van der Waals surface area contributed by atoms with Gasteiger partial charge in [-0.1, -0.05) is 23.4 Å². The lowest BCUT2D eigenvalue weighted by molar-refractivity contribution is 0.171. The fourth-order valence-corrected chi connectivity index (χ4v) is 3.05. The lowest BCUT2D eigenvalue weighted by atomic mass is 10.3. The average Bonchev–Trinajstić information content (AvgIpc) is 2.44. The summed E-state index contributed by atoms with van der Waals surface area (Å²) in [4.78, 5) is 9.10. The number of halogens is 2. The third-order valence-corrected chi connectivity index (χ3v) is 4.96. The zero-order valence-electron chi connectivity index (χ0n) is 9.60. The number of fused-ring (bicyclic) bond motifs is 1. The van der Waals surface area contributed by atoms with E-state index in [0.29, 0.717) is 22.8 Å². The summed E-state index contributed by atoms with van der Waals surface area (Å²) < 4.78 is 11.7. The summed E-state index contributed by atoms with van der Waals surface area (Å²) in [6, 6.07) is 5.79. The van der Waals surface area contributed by atoms with Crippen LogP contribution < -0.4 is 9.47 Å². The molecule has 0 spiro atoms. The van der Waals surface area contributed by atoms with E-state index < -0.39 is 0 Å². The maximum atomic E-state index is 5.94. The van der Waals surface area contributed by atoms with Crippen molar-refractivity contribution in [2.75, 3.05) is 13.2 Å². The Bertz CT molecular complexity index is 627. The smallest absolute Gasteiger partial charge is 0.162 e. The minimum atomic E-state index is 0.398. The van der Waals surface area contributed by atoms with Gasteiger partial charge >= 0.3 is 0 Å². The van der Waals surface area contributed by atoms with Gasteiger partial charge in [0.05, 0.1) is 4.47 Å². The molecule has 19 heavy (non-hydrogen) atoms. The van der Waals surface area contributed by atoms with Crippen LogP contribution in [0.3, 0.4) is 0 Å². The molecule has 0 N–H and O–H groups in total. The standard InChI is InChI=1S/C12H8BrClN2O2S/c13-10-11(14)15-6-16-12(10)19-7-1-2-8-9(5-7)18-4-3-17-8/h1-2,5-6H,3-4H2. The van der Waals surface area contributed by atoms with Crippen LogP contribution in [0.2, 0.25) is 5.15 Å². The molecule has 1 aromatic carbocycles. The predicted molar refractivity (Wildman–Crippen MR) is 76.3 cm³/mol. The summed E-state index contributed by atoms with van der Waals surface area (Å²) >= 11 is 10.8. The van der Waals surface area contributed by atoms with Crippen molar-refractivity contribution < 1.29 is 9.47 Å². The molecule has 2 heterocycles. The van der Waals surface area contributed by atoms with E-state index in [9.17, 15) is 0 Å². The molecule has 1 aliphatic heterocycles. The zero-order chi connectivity index (χ0) is 13.2. The fraction of sp³-hybridized carbons (Fsp3) is 0.167. The highest BCUT2D eigenvalue weighted by Gasteiger charge is 2.14. The number of rotatable bonds is 2. The highest BCUT2D eigenvalue weighted by Crippen LogP contribution is 2.39. The monoisotopic (exact) mass is 358 g/mol. The van der Waals surface area contributed by atoms with Crippen molar-refractivity contribution in [1.29, 1.82) is 0 Å². The molecular weight excluding hydrogens is 352 g/mol. The lowest BCUT2D eigenvalue weighted by Gasteiger charge is -2.18. The van der Waals surface area contributed by atoms with E-state index >= 15 is 0 Å². The molecule has 0 saturated carbocycles. The maximum absolute atomic E-state index is 5.94.